The molecule has 0 bridgehead atoms. The number of guanidine groups is 1. The summed E-state index contributed by atoms with van der Waals surface area (Å²) >= 11 is 0. The van der Waals surface area contributed by atoms with Gasteiger partial charge in [-0.15, -0.1) is 24.0 Å². The van der Waals surface area contributed by atoms with Gasteiger partial charge in [-0.2, -0.15) is 0 Å². The van der Waals surface area contributed by atoms with Gasteiger partial charge in [0, 0.05) is 18.8 Å². The number of hydrogen-bond donors (Lipinski definition) is 3. The van der Waals surface area contributed by atoms with Gasteiger partial charge in [0.1, 0.15) is 6.54 Å². The van der Waals surface area contributed by atoms with E-state index >= 15 is 0 Å². The average molecular weight is 418 g/mol. The van der Waals surface area contributed by atoms with Gasteiger partial charge in [-0.3, -0.25) is 4.79 Å². The highest BCUT2D eigenvalue weighted by Crippen LogP contribution is 2.10. The Morgan fingerprint density at radius 2 is 1.95 bits per heavy atom. The first-order chi connectivity index (χ1) is 10.2. The first-order valence-corrected chi connectivity index (χ1v) is 7.60. The molecule has 5 nitrogen and oxygen atoms in total. The van der Waals surface area contributed by atoms with Crippen molar-refractivity contribution in [1.29, 1.82) is 0 Å². The normalized spacial score (nSPS) is 10.6. The van der Waals surface area contributed by atoms with E-state index in [0.29, 0.717) is 5.96 Å². The zero-order valence-electron chi connectivity index (χ0n) is 13.6. The smallest absolute Gasteiger partial charge is 0.246 e. The molecule has 1 aromatic rings. The van der Waals surface area contributed by atoms with Crippen molar-refractivity contribution >= 4 is 41.5 Å². The fourth-order valence-corrected chi connectivity index (χ4v) is 1.81. The van der Waals surface area contributed by atoms with E-state index in [1.807, 2.05) is 31.2 Å². The van der Waals surface area contributed by atoms with Gasteiger partial charge in [-0.05, 0) is 37.5 Å². The molecule has 0 radical (unpaired) electrons. The Morgan fingerprint density at radius 3 is 2.59 bits per heavy atom. The molecule has 1 amide bonds. The lowest BCUT2D eigenvalue weighted by atomic mass is 10.1. The molecule has 0 aliphatic heterocycles. The Labute approximate surface area is 150 Å². The summed E-state index contributed by atoms with van der Waals surface area (Å²) in [5.41, 5.74) is 2.02. The molecular weight excluding hydrogens is 391 g/mol. The fraction of sp³-hybridized carbons (Fsp3) is 0.500. The first kappa shape index (κ1) is 20.7. The van der Waals surface area contributed by atoms with Crippen LogP contribution < -0.4 is 16.0 Å². The Balaban J connectivity index is 0.00000441. The molecule has 6 heteroatoms. The second-order valence-electron chi connectivity index (χ2n) is 4.72. The van der Waals surface area contributed by atoms with Gasteiger partial charge in [-0.25, -0.2) is 4.99 Å². The van der Waals surface area contributed by atoms with Crippen LogP contribution in [0.5, 0.6) is 0 Å². The maximum absolute atomic E-state index is 11.9. The van der Waals surface area contributed by atoms with Crippen LogP contribution in [-0.2, 0) is 11.2 Å². The van der Waals surface area contributed by atoms with Gasteiger partial charge in [-0.1, -0.05) is 26.0 Å². The second kappa shape index (κ2) is 12.3. The fourth-order valence-electron chi connectivity index (χ4n) is 1.81. The van der Waals surface area contributed by atoms with Crippen molar-refractivity contribution < 1.29 is 4.79 Å². The summed E-state index contributed by atoms with van der Waals surface area (Å²) in [6, 6.07) is 7.87. The van der Waals surface area contributed by atoms with E-state index in [1.165, 1.54) is 5.56 Å². The lowest BCUT2D eigenvalue weighted by Gasteiger charge is -2.10. The van der Waals surface area contributed by atoms with Crippen LogP contribution in [0.2, 0.25) is 0 Å². The molecule has 0 aromatic heterocycles. The van der Waals surface area contributed by atoms with Crippen molar-refractivity contribution in [2.24, 2.45) is 4.99 Å². The summed E-state index contributed by atoms with van der Waals surface area (Å²) in [7, 11) is 0. The minimum absolute atomic E-state index is 0. The van der Waals surface area contributed by atoms with Crippen molar-refractivity contribution in [2.45, 2.75) is 33.6 Å². The number of halogens is 1. The number of carbonyl (C=O) groups is 1. The topological polar surface area (TPSA) is 65.5 Å². The van der Waals surface area contributed by atoms with Gasteiger partial charge in [0.2, 0.25) is 5.91 Å². The number of aliphatic imine (C=N–C) groups is 1. The Morgan fingerprint density at radius 1 is 1.18 bits per heavy atom. The maximum atomic E-state index is 11.9. The highest BCUT2D eigenvalue weighted by atomic mass is 127. The highest BCUT2D eigenvalue weighted by molar-refractivity contribution is 14.0. The third-order valence-corrected chi connectivity index (χ3v) is 2.89. The number of anilines is 1. The second-order valence-corrected chi connectivity index (χ2v) is 4.72. The van der Waals surface area contributed by atoms with Crippen molar-refractivity contribution in [3.8, 4) is 0 Å². The number of hydrogen-bond acceptors (Lipinski definition) is 2. The molecule has 0 unspecified atom stereocenters. The number of carbonyl (C=O) groups excluding carboxylic acids is 1. The van der Waals surface area contributed by atoms with Crippen LogP contribution in [0.15, 0.2) is 29.3 Å². The molecule has 0 aliphatic rings. The average Bonchev–Trinajstić information content (AvgIpc) is 2.50. The summed E-state index contributed by atoms with van der Waals surface area (Å²) in [6.07, 6.45) is 1.97. The molecule has 0 fully saturated rings. The zero-order valence-corrected chi connectivity index (χ0v) is 15.9. The van der Waals surface area contributed by atoms with Gasteiger partial charge in [0.05, 0.1) is 0 Å². The van der Waals surface area contributed by atoms with E-state index in [-0.39, 0.29) is 36.4 Å². The lowest BCUT2D eigenvalue weighted by Crippen LogP contribution is -2.38. The molecule has 0 heterocycles. The minimum Gasteiger partial charge on any atom is -0.357 e. The number of nitrogens with one attached hydrogen (secondary N) is 3. The standard InChI is InChI=1S/C16H26N4O.HI/c1-4-10-18-16(17-6-3)19-12-15(21)20-14-9-7-8-13(5-2)11-14;/h7-9,11H,4-6,10,12H2,1-3H3,(H,20,21)(H2,17,18,19);1H. The van der Waals surface area contributed by atoms with Gasteiger partial charge in [0.15, 0.2) is 5.96 Å². The molecule has 3 N–H and O–H groups in total. The van der Waals surface area contributed by atoms with Crippen molar-refractivity contribution in [3.05, 3.63) is 29.8 Å². The zero-order chi connectivity index (χ0) is 15.5. The van der Waals surface area contributed by atoms with E-state index in [1.54, 1.807) is 0 Å². The van der Waals surface area contributed by atoms with Gasteiger partial charge in [0.25, 0.3) is 0 Å². The summed E-state index contributed by atoms with van der Waals surface area (Å²) in [4.78, 5) is 16.2. The summed E-state index contributed by atoms with van der Waals surface area (Å²) in [5, 5.41) is 9.15. The number of nitrogens with zero attached hydrogens (tertiary/aromatic N) is 1. The molecule has 124 valence electrons. The molecule has 1 rings (SSSR count). The van der Waals surface area contributed by atoms with Crippen LogP contribution in [-0.4, -0.2) is 31.5 Å². The van der Waals surface area contributed by atoms with Crippen LogP contribution >= 0.6 is 24.0 Å². The molecule has 0 aliphatic carbocycles. The van der Waals surface area contributed by atoms with Crippen molar-refractivity contribution in [1.82, 2.24) is 10.6 Å². The first-order valence-electron chi connectivity index (χ1n) is 7.60. The Hall–Kier alpha value is -1.31. The quantitative estimate of drug-likeness (QED) is 0.363. The monoisotopic (exact) mass is 418 g/mol. The maximum Gasteiger partial charge on any atom is 0.246 e. The van der Waals surface area contributed by atoms with Gasteiger partial charge >= 0.3 is 0 Å². The molecule has 1 aromatic carbocycles. The molecule has 0 spiro atoms. The predicted octanol–water partition coefficient (Wildman–Crippen LogP) is 2.77. The number of aryl methyl sites for hydroxylation is 1. The van der Waals surface area contributed by atoms with E-state index < -0.39 is 0 Å². The summed E-state index contributed by atoms with van der Waals surface area (Å²) < 4.78 is 0. The predicted molar refractivity (Wildman–Crippen MR) is 104 cm³/mol. The van der Waals surface area contributed by atoms with Crippen LogP contribution in [0.3, 0.4) is 0 Å². The van der Waals surface area contributed by atoms with E-state index in [2.05, 4.69) is 34.8 Å². The van der Waals surface area contributed by atoms with E-state index in [9.17, 15) is 4.79 Å². The minimum atomic E-state index is -0.114. The van der Waals surface area contributed by atoms with Crippen LogP contribution in [0, 0.1) is 0 Å². The Kier molecular flexibility index (Phi) is 11.5. The molecule has 0 saturated carbocycles. The van der Waals surface area contributed by atoms with Crippen molar-refractivity contribution in [2.75, 3.05) is 25.0 Å². The SMILES string of the molecule is CCCNC(=NCC(=O)Nc1cccc(CC)c1)NCC.I. The van der Waals surface area contributed by atoms with Crippen LogP contribution in [0.4, 0.5) is 5.69 Å². The number of benzene rings is 1. The molecule has 22 heavy (non-hydrogen) atoms. The van der Waals surface area contributed by atoms with Gasteiger partial charge < -0.3 is 16.0 Å². The Bertz CT molecular complexity index is 477. The van der Waals surface area contributed by atoms with E-state index in [0.717, 1.165) is 31.6 Å². The molecule has 0 saturated heterocycles. The lowest BCUT2D eigenvalue weighted by molar-refractivity contribution is -0.114. The third kappa shape index (κ3) is 8.21. The van der Waals surface area contributed by atoms with E-state index in [4.69, 9.17) is 0 Å². The largest absolute Gasteiger partial charge is 0.357 e. The molecule has 0 atom stereocenters. The van der Waals surface area contributed by atoms with Crippen LogP contribution in [0.25, 0.3) is 0 Å². The highest BCUT2D eigenvalue weighted by Gasteiger charge is 2.03. The van der Waals surface area contributed by atoms with Crippen LogP contribution in [0.1, 0.15) is 32.8 Å². The number of rotatable bonds is 7. The number of amides is 1. The summed E-state index contributed by atoms with van der Waals surface area (Å²) in [5.74, 6) is 0.564. The third-order valence-electron chi connectivity index (χ3n) is 2.89. The van der Waals surface area contributed by atoms with Crippen molar-refractivity contribution in [3.63, 3.8) is 0 Å². The summed E-state index contributed by atoms with van der Waals surface area (Å²) in [6.45, 7) is 7.90. The molecular formula is C16H27IN4O.